The van der Waals surface area contributed by atoms with Gasteiger partial charge in [0.15, 0.2) is 0 Å². The van der Waals surface area contributed by atoms with Gasteiger partial charge in [-0.1, -0.05) is 29.8 Å². The number of hydrogen-bond acceptors (Lipinski definition) is 4. The first-order chi connectivity index (χ1) is 11.2. The van der Waals surface area contributed by atoms with Crippen LogP contribution in [0.15, 0.2) is 40.5 Å². The van der Waals surface area contributed by atoms with Crippen LogP contribution in [0, 0.1) is 0 Å². The first-order valence-corrected chi connectivity index (χ1v) is 8.74. The Labute approximate surface area is 142 Å². The Kier molecular flexibility index (Phi) is 3.75. The van der Waals surface area contributed by atoms with Crippen LogP contribution in [0.4, 0.5) is 0 Å². The van der Waals surface area contributed by atoms with Crippen molar-refractivity contribution in [2.24, 2.45) is 5.10 Å². The lowest BCUT2D eigenvalue weighted by atomic mass is 9.97. The summed E-state index contributed by atoms with van der Waals surface area (Å²) in [6.07, 6.45) is 7.42. The summed E-state index contributed by atoms with van der Waals surface area (Å²) in [5, 5.41) is 5.59. The van der Waals surface area contributed by atoms with Crippen LogP contribution >= 0.6 is 22.9 Å². The number of thiophene rings is 1. The summed E-state index contributed by atoms with van der Waals surface area (Å²) in [5.74, 6) is 0. The van der Waals surface area contributed by atoms with Crippen LogP contribution in [0.1, 0.15) is 28.8 Å². The van der Waals surface area contributed by atoms with Crippen LogP contribution in [-0.4, -0.2) is 15.9 Å². The molecule has 0 bridgehead atoms. The monoisotopic (exact) mass is 343 g/mol. The van der Waals surface area contributed by atoms with Gasteiger partial charge in [0.25, 0.3) is 5.56 Å². The molecule has 0 radical (unpaired) electrons. The fourth-order valence-electron chi connectivity index (χ4n) is 2.92. The van der Waals surface area contributed by atoms with Gasteiger partial charge in [0, 0.05) is 15.5 Å². The summed E-state index contributed by atoms with van der Waals surface area (Å²) in [6, 6.07) is 7.39. The van der Waals surface area contributed by atoms with E-state index >= 15 is 0 Å². The van der Waals surface area contributed by atoms with Gasteiger partial charge in [-0.05, 0) is 37.3 Å². The van der Waals surface area contributed by atoms with Crippen molar-refractivity contribution in [3.8, 4) is 0 Å². The molecule has 0 amide bonds. The molecular formula is C17H14ClN3OS. The van der Waals surface area contributed by atoms with Crippen LogP contribution in [0.2, 0.25) is 5.02 Å². The minimum atomic E-state index is -0.0993. The Hall–Kier alpha value is -1.98. The van der Waals surface area contributed by atoms with Gasteiger partial charge in [-0.2, -0.15) is 9.78 Å². The van der Waals surface area contributed by atoms with E-state index in [-0.39, 0.29) is 5.56 Å². The fourth-order valence-corrected chi connectivity index (χ4v) is 4.33. The number of fused-ring (bicyclic) bond motifs is 3. The summed E-state index contributed by atoms with van der Waals surface area (Å²) < 4.78 is 1.30. The zero-order valence-corrected chi connectivity index (χ0v) is 13.9. The topological polar surface area (TPSA) is 47.2 Å². The molecule has 2 aromatic heterocycles. The average molecular weight is 344 g/mol. The zero-order chi connectivity index (χ0) is 15.8. The van der Waals surface area contributed by atoms with Crippen molar-refractivity contribution in [3.05, 3.63) is 62.0 Å². The highest BCUT2D eigenvalue weighted by molar-refractivity contribution is 7.18. The lowest BCUT2D eigenvalue weighted by Crippen LogP contribution is -2.18. The van der Waals surface area contributed by atoms with E-state index in [9.17, 15) is 4.79 Å². The fraction of sp³-hybridized carbons (Fsp3) is 0.235. The summed E-state index contributed by atoms with van der Waals surface area (Å²) >= 11 is 7.75. The molecule has 1 aliphatic rings. The van der Waals surface area contributed by atoms with Crippen molar-refractivity contribution in [1.82, 2.24) is 9.66 Å². The van der Waals surface area contributed by atoms with Gasteiger partial charge >= 0.3 is 0 Å². The largest absolute Gasteiger partial charge is 0.282 e. The molecule has 0 saturated carbocycles. The van der Waals surface area contributed by atoms with E-state index in [4.69, 9.17) is 11.6 Å². The Bertz CT molecular complexity index is 974. The molecule has 0 saturated heterocycles. The van der Waals surface area contributed by atoms with Crippen LogP contribution in [-0.2, 0) is 12.8 Å². The smallest absolute Gasteiger partial charge is 0.267 e. The number of aromatic nitrogens is 2. The standard InChI is InChI=1S/C17H14ClN3OS/c18-13-7-3-1-5-11(13)9-20-21-10-19-16-15(17(21)22)12-6-2-4-8-14(12)23-16/h1,3,5,7,9-10H,2,4,6,8H2/b20-9+. The van der Waals surface area contributed by atoms with Crippen LogP contribution < -0.4 is 5.56 Å². The van der Waals surface area contributed by atoms with Gasteiger partial charge < -0.3 is 0 Å². The summed E-state index contributed by atoms with van der Waals surface area (Å²) in [5.41, 5.74) is 1.85. The first kappa shape index (κ1) is 14.6. The highest BCUT2D eigenvalue weighted by atomic mass is 35.5. The van der Waals surface area contributed by atoms with E-state index < -0.39 is 0 Å². The molecule has 4 rings (SSSR count). The van der Waals surface area contributed by atoms with E-state index in [1.54, 1.807) is 23.6 Å². The maximum absolute atomic E-state index is 12.8. The van der Waals surface area contributed by atoms with E-state index in [1.165, 1.54) is 27.9 Å². The number of hydrogen-bond donors (Lipinski definition) is 0. The molecule has 4 nitrogen and oxygen atoms in total. The van der Waals surface area contributed by atoms with Crippen molar-refractivity contribution in [2.75, 3.05) is 0 Å². The molecule has 0 unspecified atom stereocenters. The predicted molar refractivity (Wildman–Crippen MR) is 95.0 cm³/mol. The number of aryl methyl sites for hydroxylation is 2. The molecule has 0 spiro atoms. The second kappa shape index (κ2) is 5.91. The molecule has 0 fully saturated rings. The van der Waals surface area contributed by atoms with Crippen molar-refractivity contribution in [2.45, 2.75) is 25.7 Å². The second-order valence-electron chi connectivity index (χ2n) is 5.55. The Balaban J connectivity index is 1.81. The highest BCUT2D eigenvalue weighted by Gasteiger charge is 2.19. The van der Waals surface area contributed by atoms with E-state index in [0.29, 0.717) is 5.02 Å². The molecule has 116 valence electrons. The van der Waals surface area contributed by atoms with Crippen LogP contribution in [0.5, 0.6) is 0 Å². The maximum Gasteiger partial charge on any atom is 0.282 e. The molecule has 2 heterocycles. The van der Waals surface area contributed by atoms with Gasteiger partial charge in [0.2, 0.25) is 0 Å². The third-order valence-corrected chi connectivity index (χ3v) is 5.63. The highest BCUT2D eigenvalue weighted by Crippen LogP contribution is 2.33. The lowest BCUT2D eigenvalue weighted by molar-refractivity contribution is 0.699. The molecule has 0 atom stereocenters. The van der Waals surface area contributed by atoms with Crippen molar-refractivity contribution >= 4 is 39.4 Å². The van der Waals surface area contributed by atoms with Crippen LogP contribution in [0.25, 0.3) is 10.2 Å². The molecule has 1 aliphatic carbocycles. The van der Waals surface area contributed by atoms with Crippen molar-refractivity contribution in [1.29, 1.82) is 0 Å². The summed E-state index contributed by atoms with van der Waals surface area (Å²) in [7, 11) is 0. The zero-order valence-electron chi connectivity index (χ0n) is 12.3. The minimum Gasteiger partial charge on any atom is -0.267 e. The van der Waals surface area contributed by atoms with Gasteiger partial charge in [0.1, 0.15) is 11.2 Å². The molecule has 3 aromatic rings. The first-order valence-electron chi connectivity index (χ1n) is 7.55. The second-order valence-corrected chi connectivity index (χ2v) is 7.04. The predicted octanol–water partition coefficient (Wildman–Crippen LogP) is 3.87. The van der Waals surface area contributed by atoms with Gasteiger partial charge in [0.05, 0.1) is 11.6 Å². The normalized spacial score (nSPS) is 14.5. The van der Waals surface area contributed by atoms with Crippen molar-refractivity contribution in [3.63, 3.8) is 0 Å². The molecular weight excluding hydrogens is 330 g/mol. The van der Waals surface area contributed by atoms with Crippen LogP contribution in [0.3, 0.4) is 0 Å². The Morgan fingerprint density at radius 1 is 1.26 bits per heavy atom. The quantitative estimate of drug-likeness (QED) is 0.663. The molecule has 6 heteroatoms. The number of halogens is 1. The number of benzene rings is 1. The summed E-state index contributed by atoms with van der Waals surface area (Å²) in [4.78, 5) is 19.3. The average Bonchev–Trinajstić information content (AvgIpc) is 2.95. The molecule has 0 N–H and O–H groups in total. The molecule has 0 aliphatic heterocycles. The Morgan fingerprint density at radius 3 is 2.96 bits per heavy atom. The third kappa shape index (κ3) is 2.60. The van der Waals surface area contributed by atoms with E-state index in [2.05, 4.69) is 10.1 Å². The van der Waals surface area contributed by atoms with E-state index in [1.807, 2.05) is 18.2 Å². The van der Waals surface area contributed by atoms with Crippen molar-refractivity contribution < 1.29 is 0 Å². The van der Waals surface area contributed by atoms with E-state index in [0.717, 1.165) is 35.0 Å². The SMILES string of the molecule is O=c1c2c3c(sc2ncn1/N=C/c1ccccc1Cl)CCCC3. The van der Waals surface area contributed by atoms with Gasteiger partial charge in [-0.25, -0.2) is 4.98 Å². The molecule has 23 heavy (non-hydrogen) atoms. The Morgan fingerprint density at radius 2 is 2.09 bits per heavy atom. The lowest BCUT2D eigenvalue weighted by Gasteiger charge is -2.09. The third-order valence-electron chi connectivity index (χ3n) is 4.09. The van der Waals surface area contributed by atoms with Gasteiger partial charge in [-0.3, -0.25) is 4.79 Å². The number of rotatable bonds is 2. The minimum absolute atomic E-state index is 0.0993. The molecule has 1 aromatic carbocycles. The summed E-state index contributed by atoms with van der Waals surface area (Å²) in [6.45, 7) is 0. The number of nitrogens with zero attached hydrogens (tertiary/aromatic N) is 3. The maximum atomic E-state index is 12.8. The van der Waals surface area contributed by atoms with Gasteiger partial charge in [-0.15, -0.1) is 11.3 Å².